The molecule has 1 aliphatic carbocycles. The summed E-state index contributed by atoms with van der Waals surface area (Å²) in [7, 11) is 0. The van der Waals surface area contributed by atoms with Crippen LogP contribution < -0.4 is 5.73 Å². The first-order valence-electron chi connectivity index (χ1n) is 5.57. The van der Waals surface area contributed by atoms with Gasteiger partial charge in [0.2, 0.25) is 0 Å². The van der Waals surface area contributed by atoms with Crippen LogP contribution >= 0.6 is 15.9 Å². The molecule has 1 aromatic carbocycles. The molecule has 1 aliphatic rings. The maximum atomic E-state index is 6.11. The van der Waals surface area contributed by atoms with Gasteiger partial charge in [0, 0.05) is 22.4 Å². The highest BCUT2D eigenvalue weighted by molar-refractivity contribution is 9.10. The molecule has 1 atom stereocenters. The third kappa shape index (κ3) is 1.28. The fourth-order valence-corrected chi connectivity index (χ4v) is 2.93. The number of hydrogen-bond donors (Lipinski definition) is 1. The summed E-state index contributed by atoms with van der Waals surface area (Å²) in [6.45, 7) is 2.09. The molecule has 0 spiro atoms. The summed E-state index contributed by atoms with van der Waals surface area (Å²) in [5, 5.41) is 1.14. The minimum absolute atomic E-state index is 0.150. The van der Waals surface area contributed by atoms with E-state index >= 15 is 0 Å². The van der Waals surface area contributed by atoms with Crippen LogP contribution in [0.25, 0.3) is 11.0 Å². The van der Waals surface area contributed by atoms with E-state index in [0.717, 1.165) is 15.4 Å². The quantitative estimate of drug-likeness (QED) is 0.913. The molecular weight excluding hydrogens is 266 g/mol. The lowest BCUT2D eigenvalue weighted by Gasteiger charge is -2.20. The maximum absolute atomic E-state index is 6.11. The zero-order valence-electron chi connectivity index (χ0n) is 9.16. The first-order valence-corrected chi connectivity index (χ1v) is 6.36. The van der Waals surface area contributed by atoms with Gasteiger partial charge >= 0.3 is 0 Å². The molecule has 2 N–H and O–H groups in total. The topological polar surface area (TPSA) is 39.2 Å². The predicted octanol–water partition coefficient (Wildman–Crippen LogP) is 3.57. The smallest absolute Gasteiger partial charge is 0.138 e. The predicted molar refractivity (Wildman–Crippen MR) is 68.5 cm³/mol. The number of fused-ring (bicyclic) bond motifs is 1. The van der Waals surface area contributed by atoms with Gasteiger partial charge in [-0.3, -0.25) is 0 Å². The standard InChI is InChI=1S/C13H14BrNO/c1-8(15)13(5-6-13)10-4-2-3-9-11(14)7-16-12(9)10/h2-4,7-8H,5-6,15H2,1H3. The van der Waals surface area contributed by atoms with Crippen molar-refractivity contribution >= 4 is 26.9 Å². The number of halogens is 1. The number of nitrogens with two attached hydrogens (primary N) is 1. The van der Waals surface area contributed by atoms with Crippen LogP contribution in [0.2, 0.25) is 0 Å². The van der Waals surface area contributed by atoms with Crippen molar-refractivity contribution in [2.75, 3.05) is 0 Å². The van der Waals surface area contributed by atoms with Gasteiger partial charge in [0.25, 0.3) is 0 Å². The molecule has 1 aromatic heterocycles. The highest BCUT2D eigenvalue weighted by atomic mass is 79.9. The van der Waals surface area contributed by atoms with Crippen LogP contribution in [0, 0.1) is 0 Å². The summed E-state index contributed by atoms with van der Waals surface area (Å²) in [6, 6.07) is 6.49. The molecule has 84 valence electrons. The van der Waals surface area contributed by atoms with E-state index in [1.54, 1.807) is 6.26 Å². The fraction of sp³-hybridized carbons (Fsp3) is 0.385. The summed E-state index contributed by atoms with van der Waals surface area (Å²) in [5.74, 6) is 0. The van der Waals surface area contributed by atoms with Gasteiger partial charge in [0.1, 0.15) is 11.8 Å². The maximum Gasteiger partial charge on any atom is 0.138 e. The largest absolute Gasteiger partial charge is 0.463 e. The van der Waals surface area contributed by atoms with Crippen molar-refractivity contribution in [3.05, 3.63) is 34.5 Å². The van der Waals surface area contributed by atoms with E-state index in [1.165, 1.54) is 18.4 Å². The second-order valence-electron chi connectivity index (χ2n) is 4.71. The Bertz CT molecular complexity index is 540. The van der Waals surface area contributed by atoms with Crippen molar-refractivity contribution in [2.45, 2.75) is 31.2 Å². The highest BCUT2D eigenvalue weighted by Crippen LogP contribution is 2.52. The van der Waals surface area contributed by atoms with E-state index in [4.69, 9.17) is 10.2 Å². The summed E-state index contributed by atoms with van der Waals surface area (Å²) in [4.78, 5) is 0. The fourth-order valence-electron chi connectivity index (χ4n) is 2.52. The Hall–Kier alpha value is -0.800. The molecule has 1 heterocycles. The van der Waals surface area contributed by atoms with Gasteiger partial charge < -0.3 is 10.2 Å². The monoisotopic (exact) mass is 279 g/mol. The number of rotatable bonds is 2. The molecule has 0 saturated heterocycles. The number of hydrogen-bond acceptors (Lipinski definition) is 2. The normalized spacial score (nSPS) is 19.9. The average Bonchev–Trinajstić information content (AvgIpc) is 3.00. The van der Waals surface area contributed by atoms with Gasteiger partial charge in [-0.2, -0.15) is 0 Å². The number of furan rings is 1. The summed E-state index contributed by atoms with van der Waals surface area (Å²) in [5.41, 5.74) is 8.52. The van der Waals surface area contributed by atoms with Crippen LogP contribution in [-0.4, -0.2) is 6.04 Å². The van der Waals surface area contributed by atoms with Crippen molar-refractivity contribution in [3.63, 3.8) is 0 Å². The lowest BCUT2D eigenvalue weighted by molar-refractivity contribution is 0.540. The van der Waals surface area contributed by atoms with Gasteiger partial charge in [-0.05, 0) is 41.8 Å². The molecule has 1 unspecified atom stereocenters. The van der Waals surface area contributed by atoms with E-state index in [-0.39, 0.29) is 11.5 Å². The summed E-state index contributed by atoms with van der Waals surface area (Å²) >= 11 is 3.50. The molecule has 1 saturated carbocycles. The Morgan fingerprint density at radius 2 is 2.19 bits per heavy atom. The van der Waals surface area contributed by atoms with Crippen LogP contribution in [-0.2, 0) is 5.41 Å². The molecule has 16 heavy (non-hydrogen) atoms. The highest BCUT2D eigenvalue weighted by Gasteiger charge is 2.48. The number of benzene rings is 1. The van der Waals surface area contributed by atoms with Gasteiger partial charge in [-0.15, -0.1) is 0 Å². The van der Waals surface area contributed by atoms with Crippen molar-refractivity contribution in [1.82, 2.24) is 0 Å². The molecule has 0 bridgehead atoms. The molecule has 3 rings (SSSR count). The Morgan fingerprint density at radius 3 is 2.81 bits per heavy atom. The van der Waals surface area contributed by atoms with Crippen LogP contribution in [0.5, 0.6) is 0 Å². The molecule has 3 heteroatoms. The zero-order chi connectivity index (χ0) is 11.3. The Balaban J connectivity index is 2.25. The third-order valence-corrected chi connectivity index (χ3v) is 4.36. The third-order valence-electron chi connectivity index (χ3n) is 3.75. The SMILES string of the molecule is CC(N)C1(c2cccc3c(Br)coc23)CC1. The van der Waals surface area contributed by atoms with Gasteiger partial charge in [-0.1, -0.05) is 12.1 Å². The first-order chi connectivity index (χ1) is 7.65. The minimum atomic E-state index is 0.150. The van der Waals surface area contributed by atoms with E-state index < -0.39 is 0 Å². The second-order valence-corrected chi connectivity index (χ2v) is 5.57. The molecule has 0 radical (unpaired) electrons. The Morgan fingerprint density at radius 1 is 1.44 bits per heavy atom. The van der Waals surface area contributed by atoms with Gasteiger partial charge in [0.05, 0.1) is 4.47 Å². The molecule has 2 nitrogen and oxygen atoms in total. The molecule has 0 aliphatic heterocycles. The van der Waals surface area contributed by atoms with E-state index in [9.17, 15) is 0 Å². The van der Waals surface area contributed by atoms with E-state index in [2.05, 4.69) is 41.1 Å². The van der Waals surface area contributed by atoms with Crippen LogP contribution in [0.15, 0.2) is 33.4 Å². The Kier molecular flexibility index (Phi) is 2.17. The van der Waals surface area contributed by atoms with Crippen LogP contribution in [0.3, 0.4) is 0 Å². The minimum Gasteiger partial charge on any atom is -0.463 e. The lowest BCUT2D eigenvalue weighted by atomic mass is 9.88. The van der Waals surface area contributed by atoms with Crippen molar-refractivity contribution in [1.29, 1.82) is 0 Å². The first kappa shape index (κ1) is 10.4. The summed E-state index contributed by atoms with van der Waals surface area (Å²) in [6.07, 6.45) is 4.09. The van der Waals surface area contributed by atoms with E-state index in [1.807, 2.05) is 0 Å². The molecule has 1 fully saturated rings. The molecule has 2 aromatic rings. The van der Waals surface area contributed by atoms with E-state index in [0.29, 0.717) is 0 Å². The lowest BCUT2D eigenvalue weighted by Crippen LogP contribution is -2.31. The molecule has 0 amide bonds. The van der Waals surface area contributed by atoms with Gasteiger partial charge in [0.15, 0.2) is 0 Å². The van der Waals surface area contributed by atoms with Crippen molar-refractivity contribution < 1.29 is 4.42 Å². The van der Waals surface area contributed by atoms with Crippen molar-refractivity contribution in [3.8, 4) is 0 Å². The average molecular weight is 280 g/mol. The number of para-hydroxylation sites is 1. The zero-order valence-corrected chi connectivity index (χ0v) is 10.8. The second kappa shape index (κ2) is 3.34. The summed E-state index contributed by atoms with van der Waals surface area (Å²) < 4.78 is 6.67. The van der Waals surface area contributed by atoms with Crippen LogP contribution in [0.1, 0.15) is 25.3 Å². The van der Waals surface area contributed by atoms with Crippen LogP contribution in [0.4, 0.5) is 0 Å². The molecular formula is C13H14BrNO. The Labute approximate surface area is 103 Å². The van der Waals surface area contributed by atoms with Crippen molar-refractivity contribution in [2.24, 2.45) is 5.73 Å². The van der Waals surface area contributed by atoms with Gasteiger partial charge in [-0.25, -0.2) is 0 Å².